The molecule has 0 saturated heterocycles. The van der Waals surface area contributed by atoms with Crippen LogP contribution in [0.2, 0.25) is 5.02 Å². The van der Waals surface area contributed by atoms with Crippen LogP contribution in [0, 0.1) is 6.92 Å². The van der Waals surface area contributed by atoms with Crippen LogP contribution in [-0.4, -0.2) is 30.7 Å². The van der Waals surface area contributed by atoms with Gasteiger partial charge in [-0.1, -0.05) is 34.5 Å². The maximum atomic E-state index is 13.0. The Balaban J connectivity index is 1.99. The fourth-order valence-corrected chi connectivity index (χ4v) is 4.08. The molecule has 3 rings (SSSR count). The third-order valence-electron chi connectivity index (χ3n) is 4.58. The van der Waals surface area contributed by atoms with Crippen LogP contribution in [0.15, 0.2) is 34.8 Å². The number of hydrogen-bond donors (Lipinski definition) is 1. The number of ether oxygens (including phenoxy) is 1. The smallest absolute Gasteiger partial charge is 0.300 e. The molecule has 2 amide bonds. The van der Waals surface area contributed by atoms with Crippen LogP contribution in [-0.2, 0) is 9.59 Å². The minimum atomic E-state index is -0.860. The van der Waals surface area contributed by atoms with Gasteiger partial charge in [-0.15, -0.1) is 0 Å². The van der Waals surface area contributed by atoms with E-state index in [0.29, 0.717) is 38.6 Å². The molecule has 0 fully saturated rings. The first-order chi connectivity index (χ1) is 13.3. The average Bonchev–Trinajstić information content (AvgIpc) is 2.88. The monoisotopic (exact) mass is 464 g/mol. The van der Waals surface area contributed by atoms with Crippen molar-refractivity contribution in [1.82, 2.24) is 0 Å². The lowest BCUT2D eigenvalue weighted by Gasteiger charge is -2.27. The zero-order valence-corrected chi connectivity index (χ0v) is 17.8. The molecule has 2 aromatic carbocycles. The number of ketones is 1. The summed E-state index contributed by atoms with van der Waals surface area (Å²) in [5.41, 5.74) is 1.89. The van der Waals surface area contributed by atoms with Crippen LogP contribution >= 0.6 is 27.5 Å². The van der Waals surface area contributed by atoms with E-state index < -0.39 is 23.6 Å². The molecule has 1 unspecified atom stereocenters. The Kier molecular flexibility index (Phi) is 5.76. The van der Waals surface area contributed by atoms with Gasteiger partial charge in [0, 0.05) is 9.50 Å². The Morgan fingerprint density at radius 1 is 1.29 bits per heavy atom. The molecule has 2 aromatic rings. The van der Waals surface area contributed by atoms with Gasteiger partial charge in [-0.3, -0.25) is 19.3 Å². The molecule has 1 heterocycles. The summed E-state index contributed by atoms with van der Waals surface area (Å²) in [5.74, 6) is -1.32. The van der Waals surface area contributed by atoms with Crippen molar-refractivity contribution in [3.05, 3.63) is 51.0 Å². The van der Waals surface area contributed by atoms with Crippen molar-refractivity contribution in [1.29, 1.82) is 0 Å². The Labute approximate surface area is 175 Å². The van der Waals surface area contributed by atoms with E-state index in [1.165, 1.54) is 12.0 Å². The van der Waals surface area contributed by atoms with Gasteiger partial charge < -0.3 is 10.1 Å². The van der Waals surface area contributed by atoms with Gasteiger partial charge in [0.2, 0.25) is 5.91 Å². The van der Waals surface area contributed by atoms with Crippen molar-refractivity contribution in [3.63, 3.8) is 0 Å². The molecule has 0 aliphatic carbocycles. The standard InChI is InChI=1S/C20H18BrClN2O4/c1-4-15(19(26)23-14-9-12(22)5-6-16(14)28-3)24-17-10(2)7-11(21)8-13(17)18(25)20(24)27/h5-9,15H,4H2,1-3H3,(H,23,26). The summed E-state index contributed by atoms with van der Waals surface area (Å²) in [4.78, 5) is 39.5. The van der Waals surface area contributed by atoms with Gasteiger partial charge in [0.15, 0.2) is 0 Å². The quantitative estimate of drug-likeness (QED) is 0.666. The van der Waals surface area contributed by atoms with Crippen LogP contribution in [0.4, 0.5) is 11.4 Å². The third kappa shape index (κ3) is 3.52. The minimum Gasteiger partial charge on any atom is -0.495 e. The maximum Gasteiger partial charge on any atom is 0.300 e. The number of amides is 2. The van der Waals surface area contributed by atoms with E-state index >= 15 is 0 Å². The highest BCUT2D eigenvalue weighted by atomic mass is 79.9. The number of halogens is 2. The lowest BCUT2D eigenvalue weighted by atomic mass is 10.1. The molecular formula is C20H18BrClN2O4. The molecule has 1 aliphatic rings. The van der Waals surface area contributed by atoms with Gasteiger partial charge in [-0.25, -0.2) is 0 Å². The molecule has 146 valence electrons. The molecular weight excluding hydrogens is 448 g/mol. The molecule has 1 aliphatic heterocycles. The summed E-state index contributed by atoms with van der Waals surface area (Å²) < 4.78 is 5.96. The lowest BCUT2D eigenvalue weighted by molar-refractivity contribution is -0.121. The fraction of sp³-hybridized carbons (Fsp3) is 0.250. The first-order valence-electron chi connectivity index (χ1n) is 8.60. The Hall–Kier alpha value is -2.38. The molecule has 0 spiro atoms. The van der Waals surface area contributed by atoms with Crippen LogP contribution in [0.25, 0.3) is 0 Å². The lowest BCUT2D eigenvalue weighted by Crippen LogP contribution is -2.46. The molecule has 8 heteroatoms. The normalized spacial score (nSPS) is 14.1. The zero-order chi connectivity index (χ0) is 20.6. The zero-order valence-electron chi connectivity index (χ0n) is 15.5. The Bertz CT molecular complexity index is 992. The van der Waals surface area contributed by atoms with Crippen molar-refractivity contribution in [3.8, 4) is 5.75 Å². The first-order valence-corrected chi connectivity index (χ1v) is 9.78. The second-order valence-corrected chi connectivity index (χ2v) is 7.73. The number of methoxy groups -OCH3 is 1. The van der Waals surface area contributed by atoms with E-state index in [1.54, 1.807) is 38.1 Å². The highest BCUT2D eigenvalue weighted by Crippen LogP contribution is 2.37. The second-order valence-electron chi connectivity index (χ2n) is 6.38. The van der Waals surface area contributed by atoms with Crippen LogP contribution < -0.4 is 15.0 Å². The number of carbonyl (C=O) groups excluding carboxylic acids is 3. The topological polar surface area (TPSA) is 75.7 Å². The molecule has 0 bridgehead atoms. The number of aryl methyl sites for hydroxylation is 1. The second kappa shape index (κ2) is 7.93. The summed E-state index contributed by atoms with van der Waals surface area (Å²) in [6.45, 7) is 3.58. The first kappa shape index (κ1) is 20.4. The van der Waals surface area contributed by atoms with E-state index in [9.17, 15) is 14.4 Å². The molecule has 1 N–H and O–H groups in total. The minimum absolute atomic E-state index is 0.295. The van der Waals surface area contributed by atoms with Gasteiger partial charge in [0.1, 0.15) is 11.8 Å². The van der Waals surface area contributed by atoms with Crippen LogP contribution in [0.1, 0.15) is 29.3 Å². The molecule has 28 heavy (non-hydrogen) atoms. The number of nitrogens with one attached hydrogen (secondary N) is 1. The van der Waals surface area contributed by atoms with Crippen molar-refractivity contribution in [2.75, 3.05) is 17.3 Å². The van der Waals surface area contributed by atoms with Gasteiger partial charge in [-0.05, 0) is 49.2 Å². The predicted octanol–water partition coefficient (Wildman–Crippen LogP) is 4.37. The van der Waals surface area contributed by atoms with Crippen molar-refractivity contribution >= 4 is 56.5 Å². The Morgan fingerprint density at radius 3 is 2.64 bits per heavy atom. The number of rotatable bonds is 5. The van der Waals surface area contributed by atoms with E-state index in [2.05, 4.69) is 21.2 Å². The van der Waals surface area contributed by atoms with Gasteiger partial charge in [0.25, 0.3) is 11.7 Å². The van der Waals surface area contributed by atoms with E-state index in [-0.39, 0.29) is 0 Å². The van der Waals surface area contributed by atoms with Crippen molar-refractivity contribution < 1.29 is 19.1 Å². The molecule has 1 atom stereocenters. The van der Waals surface area contributed by atoms with E-state index in [4.69, 9.17) is 16.3 Å². The predicted molar refractivity (Wildman–Crippen MR) is 111 cm³/mol. The summed E-state index contributed by atoms with van der Waals surface area (Å²) in [6.07, 6.45) is 0.322. The number of nitrogens with zero attached hydrogens (tertiary/aromatic N) is 1. The summed E-state index contributed by atoms with van der Waals surface area (Å²) in [7, 11) is 1.48. The number of Topliss-reactive ketones (excluding diaryl/α,β-unsaturated/α-hetero) is 1. The van der Waals surface area contributed by atoms with Gasteiger partial charge in [0.05, 0.1) is 24.0 Å². The van der Waals surface area contributed by atoms with Crippen molar-refractivity contribution in [2.45, 2.75) is 26.3 Å². The summed E-state index contributed by atoms with van der Waals surface area (Å²) in [6, 6.07) is 7.41. The highest BCUT2D eigenvalue weighted by Gasteiger charge is 2.43. The summed E-state index contributed by atoms with van der Waals surface area (Å²) in [5, 5.41) is 3.20. The SMILES string of the molecule is CCC(C(=O)Nc1cc(Cl)ccc1OC)N1C(=O)C(=O)c2cc(Br)cc(C)c21. The van der Waals surface area contributed by atoms with Crippen LogP contribution in [0.5, 0.6) is 5.75 Å². The van der Waals surface area contributed by atoms with Crippen LogP contribution in [0.3, 0.4) is 0 Å². The highest BCUT2D eigenvalue weighted by molar-refractivity contribution is 9.10. The number of carbonyl (C=O) groups is 3. The molecule has 0 aromatic heterocycles. The molecule has 0 radical (unpaired) electrons. The average molecular weight is 466 g/mol. The largest absolute Gasteiger partial charge is 0.495 e. The number of benzene rings is 2. The fourth-order valence-electron chi connectivity index (χ4n) is 3.33. The Morgan fingerprint density at radius 2 is 2.00 bits per heavy atom. The summed E-state index contributed by atoms with van der Waals surface area (Å²) >= 11 is 9.37. The number of anilines is 2. The number of fused-ring (bicyclic) bond motifs is 1. The van der Waals surface area contributed by atoms with Gasteiger partial charge >= 0.3 is 0 Å². The van der Waals surface area contributed by atoms with E-state index in [0.717, 1.165) is 5.56 Å². The van der Waals surface area contributed by atoms with E-state index in [1.807, 2.05) is 6.07 Å². The number of hydrogen-bond acceptors (Lipinski definition) is 4. The van der Waals surface area contributed by atoms with Gasteiger partial charge in [-0.2, -0.15) is 0 Å². The molecule has 0 saturated carbocycles. The van der Waals surface area contributed by atoms with Crippen molar-refractivity contribution in [2.24, 2.45) is 0 Å². The third-order valence-corrected chi connectivity index (χ3v) is 5.28. The maximum absolute atomic E-state index is 13.0. The molecule has 6 nitrogen and oxygen atoms in total.